The summed E-state index contributed by atoms with van der Waals surface area (Å²) in [5.41, 5.74) is 3.00. The Labute approximate surface area is 89.5 Å². The second kappa shape index (κ2) is 2.89. The van der Waals surface area contributed by atoms with Crippen molar-refractivity contribution in [3.8, 4) is 0 Å². The lowest BCUT2D eigenvalue weighted by Crippen LogP contribution is -2.45. The third-order valence-corrected chi connectivity index (χ3v) is 16.4. The van der Waals surface area contributed by atoms with Crippen molar-refractivity contribution >= 4 is 35.4 Å². The quantitative estimate of drug-likeness (QED) is 0.592. The van der Waals surface area contributed by atoms with E-state index in [9.17, 15) is 0 Å². The van der Waals surface area contributed by atoms with Gasteiger partial charge in [-0.05, 0) is 0 Å². The molecule has 0 amide bonds. The molecule has 0 N–H and O–H groups in total. The second-order valence-corrected chi connectivity index (χ2v) is 14.3. The zero-order valence-electron chi connectivity index (χ0n) is 9.06. The summed E-state index contributed by atoms with van der Waals surface area (Å²) in [7, 11) is -0.912. The normalized spacial score (nSPS) is 53.9. The number of rotatable bonds is 0. The van der Waals surface area contributed by atoms with Crippen LogP contribution in [-0.4, -0.2) is 47.1 Å². The largest absolute Gasteiger partial charge is 0.266 e. The second-order valence-electron chi connectivity index (χ2n) is 5.29. The van der Waals surface area contributed by atoms with Crippen LogP contribution in [-0.2, 0) is 0 Å². The first-order valence-electron chi connectivity index (χ1n) is 5.35. The fraction of sp³-hybridized carbons (Fsp3) is 0.800. The van der Waals surface area contributed by atoms with Gasteiger partial charge in [0.1, 0.15) is 21.2 Å². The van der Waals surface area contributed by atoms with Crippen LogP contribution in [0, 0.1) is 0 Å². The van der Waals surface area contributed by atoms with E-state index in [4.69, 9.17) is 0 Å². The van der Waals surface area contributed by atoms with Crippen molar-refractivity contribution < 1.29 is 0 Å². The molecule has 4 unspecified atom stereocenters. The highest BCUT2D eigenvalue weighted by Gasteiger charge is 2.73. The third-order valence-electron chi connectivity index (χ3n) is 4.29. The van der Waals surface area contributed by atoms with Crippen LogP contribution in [0.25, 0.3) is 0 Å². The monoisotopic (exact) mass is 246 g/mol. The van der Waals surface area contributed by atoms with Crippen LogP contribution in [0.5, 0.6) is 0 Å². The topological polar surface area (TPSA) is 3.24 Å². The molecular weight excluding hydrogens is 227 g/mol. The molecule has 4 fully saturated rings. The lowest BCUT2D eigenvalue weighted by Gasteiger charge is -2.44. The minimum Gasteiger partial charge on any atom is 0.0315 e. The van der Waals surface area contributed by atoms with E-state index in [1.807, 2.05) is 0 Å². The molecule has 3 heterocycles. The van der Waals surface area contributed by atoms with Gasteiger partial charge < -0.3 is 0 Å². The molecule has 4 rings (SSSR count). The molecule has 4 heteroatoms. The van der Waals surface area contributed by atoms with Crippen molar-refractivity contribution in [3.63, 3.8) is 0 Å². The van der Waals surface area contributed by atoms with Gasteiger partial charge in [-0.25, -0.2) is 0 Å². The van der Waals surface area contributed by atoms with Crippen LogP contribution >= 0.6 is 22.8 Å². The zero-order valence-corrected chi connectivity index (χ0v) is 11.7. The van der Waals surface area contributed by atoms with Crippen LogP contribution in [0.2, 0.25) is 0 Å². The van der Waals surface area contributed by atoms with Gasteiger partial charge in [0.15, 0.2) is 7.41 Å². The third kappa shape index (κ3) is 1.06. The highest BCUT2D eigenvalue weighted by molar-refractivity contribution is 7.91. The van der Waals surface area contributed by atoms with Gasteiger partial charge in [0.05, 0.1) is 25.9 Å². The molecule has 1 nitrogen and oxygen atoms in total. The Morgan fingerprint density at radius 1 is 1.07 bits per heavy atom. The molecule has 4 aliphatic rings. The minimum absolute atomic E-state index is 0.0541. The first kappa shape index (κ1) is 9.92. The molecule has 14 heavy (non-hydrogen) atoms. The van der Waals surface area contributed by atoms with E-state index in [0.717, 1.165) is 17.0 Å². The fourth-order valence-electron chi connectivity index (χ4n) is 3.41. The summed E-state index contributed by atoms with van der Waals surface area (Å²) in [6.45, 7) is 5.08. The summed E-state index contributed by atoms with van der Waals surface area (Å²) >= 11 is 0. The van der Waals surface area contributed by atoms with Crippen molar-refractivity contribution in [2.24, 2.45) is 0 Å². The van der Waals surface area contributed by atoms with E-state index in [2.05, 4.69) is 30.1 Å². The first-order valence-corrected chi connectivity index (χ1v) is 11.2. The maximum absolute atomic E-state index is 4.48. The van der Waals surface area contributed by atoms with E-state index < -0.39 is 7.41 Å². The minimum atomic E-state index is -0.804. The van der Waals surface area contributed by atoms with Gasteiger partial charge in [0, 0.05) is 19.3 Å². The summed E-state index contributed by atoms with van der Waals surface area (Å²) in [5.74, 6) is 0. The maximum Gasteiger partial charge on any atom is 0.266 e. The molecule has 1 saturated carbocycles. The van der Waals surface area contributed by atoms with Crippen molar-refractivity contribution in [3.05, 3.63) is 0 Å². The molecule has 3 aliphatic heterocycles. The standard InChI is InChI=1S/C10H19NP3/c1-12-8-5-9-7-10(6-8)14(3,4)11(12)13(9)2/h8-10H,1-2,5-7H2,3-4H3/q+3. The van der Waals surface area contributed by atoms with Gasteiger partial charge in [-0.3, -0.25) is 0 Å². The van der Waals surface area contributed by atoms with Crippen LogP contribution in [0.15, 0.2) is 0 Å². The smallest absolute Gasteiger partial charge is 0.0315 e. The summed E-state index contributed by atoms with van der Waals surface area (Å²) in [4.78, 5) is 0. The van der Waals surface area contributed by atoms with Crippen molar-refractivity contribution in [1.82, 2.24) is 4.21 Å². The van der Waals surface area contributed by atoms with Crippen LogP contribution in [0.3, 0.4) is 0 Å². The predicted molar refractivity (Wildman–Crippen MR) is 73.9 cm³/mol. The Hall–Kier alpha value is 0.730. The number of hydrogen-bond acceptors (Lipinski definition) is 1. The van der Waals surface area contributed by atoms with Gasteiger partial charge in [-0.2, -0.15) is 0 Å². The Morgan fingerprint density at radius 3 is 2.07 bits per heavy atom. The number of nitrogens with zero attached hydrogens (tertiary/aromatic N) is 1. The fourth-order valence-corrected chi connectivity index (χ4v) is 16.9. The first-order chi connectivity index (χ1) is 6.51. The SMILES string of the molecule is C=[P+]1C2CC3CC(C2)[P+](C)(C)N1[P+]3=C. The predicted octanol–water partition coefficient (Wildman–Crippen LogP) is 3.46. The molecule has 0 radical (unpaired) electrons. The Kier molecular flexibility index (Phi) is 2.05. The van der Waals surface area contributed by atoms with Gasteiger partial charge in [0.25, 0.3) is 15.4 Å². The van der Waals surface area contributed by atoms with Crippen LogP contribution in [0.4, 0.5) is 0 Å². The van der Waals surface area contributed by atoms with Gasteiger partial charge in [0.2, 0.25) is 0 Å². The molecule has 3 saturated heterocycles. The average molecular weight is 246 g/mol. The van der Waals surface area contributed by atoms with Gasteiger partial charge in [-0.15, -0.1) is 0 Å². The van der Waals surface area contributed by atoms with E-state index in [0.29, 0.717) is 0 Å². The average Bonchev–Trinajstić information content (AvgIpc) is 2.12. The summed E-state index contributed by atoms with van der Waals surface area (Å²) < 4.78 is 2.86. The molecular formula is C10H19NP3+3. The molecule has 0 aromatic rings. The Morgan fingerprint density at radius 2 is 1.57 bits per heavy atom. The molecule has 4 bridgehead atoms. The van der Waals surface area contributed by atoms with Gasteiger partial charge in [-0.1, -0.05) is 0 Å². The summed E-state index contributed by atoms with van der Waals surface area (Å²) in [6, 6.07) is 0. The van der Waals surface area contributed by atoms with E-state index in [-0.39, 0.29) is 15.4 Å². The summed E-state index contributed by atoms with van der Waals surface area (Å²) in [6.07, 6.45) is 13.4. The molecule has 0 aromatic carbocycles. The summed E-state index contributed by atoms with van der Waals surface area (Å²) in [5, 5.41) is 0. The lowest BCUT2D eigenvalue weighted by atomic mass is 9.99. The van der Waals surface area contributed by atoms with Crippen LogP contribution < -0.4 is 0 Å². The van der Waals surface area contributed by atoms with Gasteiger partial charge >= 0.3 is 0 Å². The molecule has 0 spiro atoms. The maximum atomic E-state index is 4.48. The van der Waals surface area contributed by atoms with E-state index in [1.54, 1.807) is 0 Å². The Bertz CT molecular complexity index is 312. The highest BCUT2D eigenvalue weighted by atomic mass is 31.3. The van der Waals surface area contributed by atoms with Crippen molar-refractivity contribution in [2.75, 3.05) is 13.3 Å². The molecule has 76 valence electrons. The lowest BCUT2D eigenvalue weighted by molar-refractivity contribution is 0.487. The molecule has 1 aliphatic carbocycles. The number of hydrogen-bond donors (Lipinski definition) is 0. The van der Waals surface area contributed by atoms with Crippen molar-refractivity contribution in [2.45, 2.75) is 36.2 Å². The molecule has 4 atom stereocenters. The highest BCUT2D eigenvalue weighted by Crippen LogP contribution is 2.84. The van der Waals surface area contributed by atoms with Crippen molar-refractivity contribution in [1.29, 1.82) is 0 Å². The zero-order chi connectivity index (χ0) is 10.1. The Balaban J connectivity index is 2.11. The molecule has 0 aromatic heterocycles. The van der Waals surface area contributed by atoms with Crippen LogP contribution in [0.1, 0.15) is 19.3 Å². The van der Waals surface area contributed by atoms with E-state index >= 15 is 0 Å². The van der Waals surface area contributed by atoms with E-state index in [1.165, 1.54) is 19.3 Å².